The molecule has 1 aliphatic heterocycles. The Labute approximate surface area is 193 Å². The summed E-state index contributed by atoms with van der Waals surface area (Å²) < 4.78 is 13.6. The maximum absolute atomic E-state index is 13.6. The first kappa shape index (κ1) is 21.3. The van der Waals surface area contributed by atoms with Crippen LogP contribution in [0.4, 0.5) is 10.1 Å². The van der Waals surface area contributed by atoms with Crippen LogP contribution in [0.2, 0.25) is 0 Å². The number of aryl methyl sites for hydroxylation is 2. The first-order chi connectivity index (χ1) is 15.9. The average Bonchev–Trinajstić information content (AvgIpc) is 2.81. The number of hydrogen-bond donors (Lipinski definition) is 0. The molecule has 0 saturated carbocycles. The van der Waals surface area contributed by atoms with Gasteiger partial charge in [0.15, 0.2) is 5.78 Å². The van der Waals surface area contributed by atoms with Gasteiger partial charge in [0.1, 0.15) is 5.82 Å². The highest BCUT2D eigenvalue weighted by Gasteiger charge is 2.42. The number of benzene rings is 3. The van der Waals surface area contributed by atoms with Crippen molar-refractivity contribution >= 4 is 17.4 Å². The number of carbonyl (C=O) groups is 2. The largest absolute Gasteiger partial charge is 0.294 e. The van der Waals surface area contributed by atoms with Gasteiger partial charge in [-0.05, 0) is 66.6 Å². The second-order valence-electron chi connectivity index (χ2n) is 9.13. The molecule has 2 atom stereocenters. The molecule has 5 rings (SSSR count). The van der Waals surface area contributed by atoms with E-state index >= 15 is 0 Å². The highest BCUT2D eigenvalue weighted by atomic mass is 19.1. The zero-order chi connectivity index (χ0) is 23.1. The number of amides is 1. The van der Waals surface area contributed by atoms with Crippen LogP contribution in [0.25, 0.3) is 0 Å². The molecular weight excluding hydrogens is 413 g/mol. The van der Waals surface area contributed by atoms with Gasteiger partial charge in [0.05, 0.1) is 5.69 Å². The van der Waals surface area contributed by atoms with Crippen LogP contribution in [0.3, 0.4) is 0 Å². The van der Waals surface area contributed by atoms with Crippen molar-refractivity contribution in [3.8, 4) is 0 Å². The summed E-state index contributed by atoms with van der Waals surface area (Å²) in [5.74, 6) is -0.616. The number of ketones is 1. The fourth-order valence-corrected chi connectivity index (χ4v) is 5.22. The smallest absolute Gasteiger partial charge is 0.232 e. The number of nitrogens with zero attached hydrogens (tertiary/aromatic N) is 1. The molecular formula is C29H26FNO2. The normalized spacial score (nSPS) is 20.8. The minimum atomic E-state index is -0.348. The molecule has 1 heterocycles. The van der Waals surface area contributed by atoms with Crippen molar-refractivity contribution in [2.75, 3.05) is 4.90 Å². The third kappa shape index (κ3) is 3.91. The number of anilines is 1. The fraction of sp³-hybridized carbons (Fsp3) is 0.241. The summed E-state index contributed by atoms with van der Waals surface area (Å²) in [5.41, 5.74) is 6.31. The van der Waals surface area contributed by atoms with Gasteiger partial charge in [-0.2, -0.15) is 0 Å². The van der Waals surface area contributed by atoms with Crippen LogP contribution in [0.5, 0.6) is 0 Å². The molecule has 0 aromatic heterocycles. The molecule has 0 bridgehead atoms. The number of halogens is 1. The van der Waals surface area contributed by atoms with E-state index in [9.17, 15) is 14.0 Å². The maximum Gasteiger partial charge on any atom is 0.232 e. The van der Waals surface area contributed by atoms with Gasteiger partial charge < -0.3 is 0 Å². The van der Waals surface area contributed by atoms with Gasteiger partial charge in [0.25, 0.3) is 0 Å². The zero-order valence-electron chi connectivity index (χ0n) is 18.8. The van der Waals surface area contributed by atoms with E-state index in [1.807, 2.05) is 62.4 Å². The molecule has 0 radical (unpaired) electrons. The Morgan fingerprint density at radius 2 is 1.55 bits per heavy atom. The monoisotopic (exact) mass is 439 g/mol. The first-order valence-electron chi connectivity index (χ1n) is 11.4. The van der Waals surface area contributed by atoms with Crippen LogP contribution >= 0.6 is 0 Å². The van der Waals surface area contributed by atoms with Gasteiger partial charge in [-0.3, -0.25) is 14.5 Å². The number of hydrogen-bond acceptors (Lipinski definition) is 2. The molecule has 4 heteroatoms. The molecule has 2 unspecified atom stereocenters. The lowest BCUT2D eigenvalue weighted by Crippen LogP contribution is -2.42. The van der Waals surface area contributed by atoms with Crippen LogP contribution in [0.15, 0.2) is 84.1 Å². The molecule has 0 spiro atoms. The molecule has 0 fully saturated rings. The summed E-state index contributed by atoms with van der Waals surface area (Å²) >= 11 is 0. The van der Waals surface area contributed by atoms with Crippen molar-refractivity contribution in [1.29, 1.82) is 0 Å². The van der Waals surface area contributed by atoms with Gasteiger partial charge in [0.2, 0.25) is 5.91 Å². The summed E-state index contributed by atoms with van der Waals surface area (Å²) in [7, 11) is 0. The van der Waals surface area contributed by atoms with Crippen LogP contribution in [-0.2, 0) is 9.59 Å². The Hall–Kier alpha value is -3.53. The van der Waals surface area contributed by atoms with E-state index in [4.69, 9.17) is 0 Å². The quantitative estimate of drug-likeness (QED) is 0.476. The lowest BCUT2D eigenvalue weighted by molar-refractivity contribution is -0.120. The van der Waals surface area contributed by atoms with Crippen molar-refractivity contribution in [3.63, 3.8) is 0 Å². The summed E-state index contributed by atoms with van der Waals surface area (Å²) in [6.45, 7) is 4.00. The van der Waals surface area contributed by atoms with E-state index in [0.717, 1.165) is 33.6 Å². The average molecular weight is 440 g/mol. The number of carbonyl (C=O) groups excluding carboxylic acids is 2. The lowest BCUT2D eigenvalue weighted by Gasteiger charge is -2.41. The maximum atomic E-state index is 13.6. The Morgan fingerprint density at radius 1 is 0.818 bits per heavy atom. The third-order valence-corrected chi connectivity index (χ3v) is 6.88. The van der Waals surface area contributed by atoms with E-state index in [1.165, 1.54) is 12.1 Å². The Kier molecular flexibility index (Phi) is 5.45. The van der Waals surface area contributed by atoms with E-state index in [1.54, 1.807) is 17.0 Å². The predicted octanol–water partition coefficient (Wildman–Crippen LogP) is 6.36. The van der Waals surface area contributed by atoms with Gasteiger partial charge >= 0.3 is 0 Å². The Morgan fingerprint density at radius 3 is 2.27 bits per heavy atom. The van der Waals surface area contributed by atoms with Crippen molar-refractivity contribution in [2.24, 2.45) is 0 Å². The SMILES string of the molecule is Cc1ccc(C)c(N2C(=O)CC(c3ccc(F)cc3)C3=C2CC(c2ccccc2)CC3=O)c1. The molecule has 0 N–H and O–H groups in total. The number of allylic oxidation sites excluding steroid dienone is 2. The molecule has 2 aliphatic rings. The minimum absolute atomic E-state index is 0.0184. The third-order valence-electron chi connectivity index (χ3n) is 6.88. The predicted molar refractivity (Wildman–Crippen MR) is 128 cm³/mol. The topological polar surface area (TPSA) is 37.4 Å². The van der Waals surface area contributed by atoms with E-state index in [-0.39, 0.29) is 35.8 Å². The van der Waals surface area contributed by atoms with Gasteiger partial charge in [-0.25, -0.2) is 4.39 Å². The van der Waals surface area contributed by atoms with Gasteiger partial charge in [-0.15, -0.1) is 0 Å². The van der Waals surface area contributed by atoms with Crippen molar-refractivity contribution < 1.29 is 14.0 Å². The zero-order valence-corrected chi connectivity index (χ0v) is 18.8. The van der Waals surface area contributed by atoms with Crippen LogP contribution in [0.1, 0.15) is 53.4 Å². The summed E-state index contributed by atoms with van der Waals surface area (Å²) in [5, 5.41) is 0. The Bertz CT molecular complexity index is 1260. The van der Waals surface area contributed by atoms with Crippen molar-refractivity contribution in [2.45, 2.75) is 44.9 Å². The molecule has 1 amide bonds. The highest BCUT2D eigenvalue weighted by molar-refractivity contribution is 6.08. The van der Waals surface area contributed by atoms with Crippen molar-refractivity contribution in [1.82, 2.24) is 0 Å². The fourth-order valence-electron chi connectivity index (χ4n) is 5.22. The molecule has 166 valence electrons. The molecule has 1 aliphatic carbocycles. The van der Waals surface area contributed by atoms with E-state index in [0.29, 0.717) is 18.4 Å². The van der Waals surface area contributed by atoms with E-state index in [2.05, 4.69) is 0 Å². The molecule has 33 heavy (non-hydrogen) atoms. The highest BCUT2D eigenvalue weighted by Crippen LogP contribution is 2.47. The summed E-state index contributed by atoms with van der Waals surface area (Å²) in [6.07, 6.45) is 1.22. The van der Waals surface area contributed by atoms with Crippen LogP contribution in [-0.4, -0.2) is 11.7 Å². The standard InChI is InChI=1S/C29H26FNO2/c1-18-8-9-19(2)25(14-18)31-26-15-22(20-6-4-3-5-7-20)16-27(32)29(26)24(17-28(31)33)21-10-12-23(30)13-11-21/h3-14,22,24H,15-17H2,1-2H3. The number of Topliss-reactive ketones (excluding diaryl/α,β-unsaturated/α-hetero) is 1. The first-order valence-corrected chi connectivity index (χ1v) is 11.4. The number of rotatable bonds is 3. The molecule has 3 nitrogen and oxygen atoms in total. The van der Waals surface area contributed by atoms with Crippen LogP contribution < -0.4 is 4.90 Å². The molecule has 0 saturated heterocycles. The molecule has 3 aromatic carbocycles. The van der Waals surface area contributed by atoms with Crippen molar-refractivity contribution in [3.05, 3.63) is 112 Å². The lowest BCUT2D eigenvalue weighted by atomic mass is 9.72. The Balaban J connectivity index is 1.68. The second kappa shape index (κ2) is 8.43. The van der Waals surface area contributed by atoms with Crippen LogP contribution in [0, 0.1) is 19.7 Å². The second-order valence-corrected chi connectivity index (χ2v) is 9.13. The summed E-state index contributed by atoms with van der Waals surface area (Å²) in [4.78, 5) is 29.0. The van der Waals surface area contributed by atoms with Gasteiger partial charge in [0, 0.05) is 30.0 Å². The van der Waals surface area contributed by atoms with E-state index < -0.39 is 0 Å². The summed E-state index contributed by atoms with van der Waals surface area (Å²) in [6, 6.07) is 22.3. The molecule has 3 aromatic rings. The minimum Gasteiger partial charge on any atom is -0.294 e. The van der Waals surface area contributed by atoms with Gasteiger partial charge in [-0.1, -0.05) is 54.6 Å².